The summed E-state index contributed by atoms with van der Waals surface area (Å²) in [5.74, 6) is 0. The molecule has 1 unspecified atom stereocenters. The first-order valence-corrected chi connectivity index (χ1v) is 10.6. The lowest BCUT2D eigenvalue weighted by Crippen LogP contribution is -2.35. The van der Waals surface area contributed by atoms with Crippen molar-refractivity contribution in [2.75, 3.05) is 18.5 Å². The minimum absolute atomic E-state index is 0.709. The van der Waals surface area contributed by atoms with E-state index < -0.39 is 12.6 Å². The molecule has 2 heteroatoms. The Kier molecular flexibility index (Phi) is 5.78. The fraction of sp³-hybridized carbons (Fsp3) is 0.400. The van der Waals surface area contributed by atoms with Gasteiger partial charge in [0.1, 0.15) is 0 Å². The van der Waals surface area contributed by atoms with E-state index in [1.54, 1.807) is 0 Å². The normalized spacial score (nSPS) is 14.5. The highest BCUT2D eigenvalue weighted by Gasteiger charge is 2.54. The molecule has 0 aliphatic rings. The molecule has 0 aliphatic heterocycles. The minimum Gasteiger partial charge on any atom is -0.353 e. The Hall–Kier alpha value is -1.17. The number of rotatable bonds is 7. The molecule has 0 fully saturated rings. The molecule has 0 saturated heterocycles. The zero-order chi connectivity index (χ0) is 16.1. The Balaban J connectivity index is 2.54. The van der Waals surface area contributed by atoms with Crippen molar-refractivity contribution in [2.24, 2.45) is 0 Å². The van der Waals surface area contributed by atoms with Gasteiger partial charge in [-0.25, -0.2) is 0 Å². The van der Waals surface area contributed by atoms with E-state index in [1.807, 2.05) is 24.3 Å². The molecule has 0 saturated carbocycles. The second kappa shape index (κ2) is 7.40. The van der Waals surface area contributed by atoms with Gasteiger partial charge in [0.25, 0.3) is 0 Å². The summed E-state index contributed by atoms with van der Waals surface area (Å²) in [6.45, 7) is 6.75. The van der Waals surface area contributed by atoms with E-state index in [2.05, 4.69) is 57.2 Å². The maximum absolute atomic E-state index is 11.9. The minimum atomic E-state index is -1.49. The molecule has 2 aromatic rings. The average Bonchev–Trinajstić information content (AvgIpc) is 2.58. The van der Waals surface area contributed by atoms with Crippen LogP contribution in [0.2, 0.25) is 0 Å². The third-order valence-electron chi connectivity index (χ3n) is 5.13. The summed E-state index contributed by atoms with van der Waals surface area (Å²) in [5, 5.41) is 11.2. The van der Waals surface area contributed by atoms with Crippen molar-refractivity contribution in [2.45, 2.75) is 32.5 Å². The van der Waals surface area contributed by atoms with Crippen LogP contribution in [0.1, 0.15) is 31.9 Å². The third-order valence-corrected chi connectivity index (χ3v) is 10.7. The van der Waals surface area contributed by atoms with E-state index in [0.29, 0.717) is 6.42 Å². The molecule has 2 aromatic carbocycles. The van der Waals surface area contributed by atoms with Gasteiger partial charge in [-0.2, -0.15) is 0 Å². The number of hydrogen-bond acceptors (Lipinski definition) is 1. The van der Waals surface area contributed by atoms with Crippen molar-refractivity contribution in [3.05, 3.63) is 71.8 Å². The van der Waals surface area contributed by atoms with Gasteiger partial charge in [-0.1, -0.05) is 60.7 Å². The van der Waals surface area contributed by atoms with Gasteiger partial charge >= 0.3 is 0 Å². The first kappa shape index (κ1) is 17.2. The van der Waals surface area contributed by atoms with Gasteiger partial charge in [0.15, 0.2) is 0 Å². The average molecular weight is 315 g/mol. The fourth-order valence-electron chi connectivity index (χ4n) is 3.58. The molecule has 2 rings (SSSR count). The van der Waals surface area contributed by atoms with Crippen molar-refractivity contribution in [3.63, 3.8) is 0 Å². The van der Waals surface area contributed by atoms with Gasteiger partial charge in [0.05, 0.1) is 25.7 Å². The summed E-state index contributed by atoms with van der Waals surface area (Å²) in [6.07, 6.45) is 3.95. The van der Waals surface area contributed by atoms with Crippen LogP contribution in [0.4, 0.5) is 0 Å². The summed E-state index contributed by atoms with van der Waals surface area (Å²) in [4.78, 5) is 0. The van der Waals surface area contributed by atoms with Crippen LogP contribution in [0, 0.1) is 0 Å². The number of aliphatic hydroxyl groups is 1. The maximum Gasteiger partial charge on any atom is 0.203 e. The zero-order valence-electron chi connectivity index (χ0n) is 14.0. The van der Waals surface area contributed by atoms with Gasteiger partial charge in [-0.15, -0.1) is 0 Å². The lowest BCUT2D eigenvalue weighted by atomic mass is 10.0. The first-order valence-electron chi connectivity index (χ1n) is 8.30. The third kappa shape index (κ3) is 3.12. The molecular weight excluding hydrogens is 287 g/mol. The van der Waals surface area contributed by atoms with Gasteiger partial charge in [-0.05, 0) is 26.3 Å². The van der Waals surface area contributed by atoms with E-state index in [9.17, 15) is 5.11 Å². The van der Waals surface area contributed by atoms with Crippen LogP contribution in [-0.2, 0) is 11.8 Å². The molecule has 0 heterocycles. The van der Waals surface area contributed by atoms with Crippen LogP contribution < -0.4 is 0 Å². The summed E-state index contributed by atoms with van der Waals surface area (Å²) in [5.41, 5.74) is 2.30. The molecule has 1 nitrogen and oxygen atoms in total. The van der Waals surface area contributed by atoms with Gasteiger partial charge in [0.2, 0.25) is 5.34 Å². The van der Waals surface area contributed by atoms with Gasteiger partial charge in [0, 0.05) is 12.0 Å². The Morgan fingerprint density at radius 2 is 1.23 bits per heavy atom. The second-order valence-electron chi connectivity index (χ2n) is 5.94. The van der Waals surface area contributed by atoms with Crippen LogP contribution >= 0.6 is 7.26 Å². The molecule has 0 bridgehead atoms. The van der Waals surface area contributed by atoms with Crippen molar-refractivity contribution in [3.8, 4) is 0 Å². The molecule has 1 atom stereocenters. The highest BCUT2D eigenvalue weighted by Crippen LogP contribution is 2.72. The first-order chi connectivity index (χ1) is 10.6. The van der Waals surface area contributed by atoms with Crippen molar-refractivity contribution < 1.29 is 5.11 Å². The largest absolute Gasteiger partial charge is 0.353 e. The molecule has 0 aromatic heterocycles. The molecule has 118 valence electrons. The lowest BCUT2D eigenvalue weighted by Gasteiger charge is -2.40. The Morgan fingerprint density at radius 3 is 1.68 bits per heavy atom. The van der Waals surface area contributed by atoms with Crippen molar-refractivity contribution in [1.29, 1.82) is 0 Å². The molecule has 0 radical (unpaired) electrons. The fourth-order valence-corrected chi connectivity index (χ4v) is 7.71. The quantitative estimate of drug-likeness (QED) is 0.700. The highest BCUT2D eigenvalue weighted by atomic mass is 31.2. The predicted octanol–water partition coefficient (Wildman–Crippen LogP) is 5.15. The smallest absolute Gasteiger partial charge is 0.203 e. The number of benzene rings is 2. The second-order valence-corrected chi connectivity index (χ2v) is 10.9. The molecule has 1 N–H and O–H groups in total. The molecule has 22 heavy (non-hydrogen) atoms. The Bertz CT molecular complexity index is 555. The maximum atomic E-state index is 11.9. The van der Waals surface area contributed by atoms with Crippen LogP contribution in [-0.4, -0.2) is 23.6 Å². The number of hydrogen-bond donors (Lipinski definition) is 1. The van der Waals surface area contributed by atoms with Crippen LogP contribution in [0.25, 0.3) is 0 Å². The predicted molar refractivity (Wildman–Crippen MR) is 99.0 cm³/mol. The summed E-state index contributed by atoms with van der Waals surface area (Å²) in [7, 11) is -1.49. The van der Waals surface area contributed by atoms with Gasteiger partial charge in [-0.3, -0.25) is 0 Å². The molecule has 0 amide bonds. The zero-order valence-corrected chi connectivity index (χ0v) is 14.9. The molecule has 0 spiro atoms. The monoisotopic (exact) mass is 315 g/mol. The summed E-state index contributed by atoms with van der Waals surface area (Å²) >= 11 is 0. The lowest BCUT2D eigenvalue weighted by molar-refractivity contribution is 0.126. The molecule has 0 aliphatic carbocycles. The van der Waals surface area contributed by atoms with E-state index in [-0.39, 0.29) is 0 Å². The Morgan fingerprint density at radius 1 is 0.773 bits per heavy atom. The van der Waals surface area contributed by atoms with Crippen LogP contribution in [0.3, 0.4) is 0 Å². The van der Waals surface area contributed by atoms with Gasteiger partial charge < -0.3 is 5.11 Å². The molecular formula is C20H28OP+. The summed E-state index contributed by atoms with van der Waals surface area (Å²) < 4.78 is 0. The highest BCUT2D eigenvalue weighted by molar-refractivity contribution is 7.76. The standard InChI is InChI=1S/C20H28OP/c1-4-22(5-2,6-3)20(21,19-15-11-8-12-16-19)17-18-13-9-7-10-14-18/h7-16,21H,4-6,17H2,1-3H3/q+1. The van der Waals surface area contributed by atoms with Crippen molar-refractivity contribution in [1.82, 2.24) is 0 Å². The Labute approximate surface area is 135 Å². The van der Waals surface area contributed by atoms with Crippen LogP contribution in [0.5, 0.6) is 0 Å². The summed E-state index contributed by atoms with van der Waals surface area (Å²) in [6, 6.07) is 20.7. The van der Waals surface area contributed by atoms with E-state index in [1.165, 1.54) is 5.56 Å². The van der Waals surface area contributed by atoms with E-state index in [0.717, 1.165) is 24.0 Å². The SMILES string of the molecule is CC[P+](CC)(CC)C(O)(Cc1ccccc1)c1ccccc1. The van der Waals surface area contributed by atoms with E-state index >= 15 is 0 Å². The topological polar surface area (TPSA) is 20.2 Å². The van der Waals surface area contributed by atoms with E-state index in [4.69, 9.17) is 0 Å². The van der Waals surface area contributed by atoms with Crippen LogP contribution in [0.15, 0.2) is 60.7 Å². The van der Waals surface area contributed by atoms with Crippen molar-refractivity contribution >= 4 is 7.26 Å².